The first-order valence-electron chi connectivity index (χ1n) is 3.49. The van der Waals surface area contributed by atoms with Crippen LogP contribution in [0.1, 0.15) is 12.6 Å². The summed E-state index contributed by atoms with van der Waals surface area (Å²) in [7, 11) is 0. The molecule has 1 unspecified atom stereocenters. The predicted octanol–water partition coefficient (Wildman–Crippen LogP) is 0.340. The number of carboxylic acids is 1. The van der Waals surface area contributed by atoms with Gasteiger partial charge >= 0.3 is 5.97 Å². The number of rotatable bonds is 2. The van der Waals surface area contributed by atoms with Gasteiger partial charge in [-0.3, -0.25) is 4.98 Å². The molecule has 1 aromatic rings. The highest BCUT2D eigenvalue weighted by atomic mass is 16.4. The Morgan fingerprint density at radius 2 is 2.33 bits per heavy atom. The molecule has 1 heterocycles. The molecule has 0 saturated heterocycles. The average molecular weight is 166 g/mol. The highest BCUT2D eigenvalue weighted by Crippen LogP contribution is 2.13. The second-order valence-electron chi connectivity index (χ2n) is 2.72. The molecule has 0 fully saturated rings. The fourth-order valence-corrected chi connectivity index (χ4v) is 0.780. The molecule has 1 atom stereocenters. The number of aromatic nitrogens is 1. The van der Waals surface area contributed by atoms with Gasteiger partial charge in [-0.1, -0.05) is 6.07 Å². The van der Waals surface area contributed by atoms with Crippen LogP contribution < -0.4 is 5.73 Å². The van der Waals surface area contributed by atoms with E-state index in [1.807, 2.05) is 0 Å². The summed E-state index contributed by atoms with van der Waals surface area (Å²) in [4.78, 5) is 14.5. The van der Waals surface area contributed by atoms with Crippen LogP contribution in [0.4, 0.5) is 0 Å². The molecular formula is C8H10N2O2. The molecule has 0 saturated carbocycles. The minimum Gasteiger partial charge on any atom is -0.480 e. The number of hydrogen-bond acceptors (Lipinski definition) is 3. The zero-order valence-corrected chi connectivity index (χ0v) is 6.69. The fourth-order valence-electron chi connectivity index (χ4n) is 0.780. The number of aliphatic carboxylic acids is 1. The van der Waals surface area contributed by atoms with E-state index in [0.717, 1.165) is 0 Å². The van der Waals surface area contributed by atoms with Crippen molar-refractivity contribution in [3.8, 4) is 0 Å². The number of nitrogens with two attached hydrogens (primary N) is 1. The van der Waals surface area contributed by atoms with E-state index in [0.29, 0.717) is 5.69 Å². The molecule has 0 aliphatic carbocycles. The normalized spacial score (nSPS) is 15.2. The lowest BCUT2D eigenvalue weighted by atomic mass is 9.99. The summed E-state index contributed by atoms with van der Waals surface area (Å²) in [5.74, 6) is -1.08. The molecule has 0 aliphatic rings. The Bertz CT molecular complexity index is 282. The Morgan fingerprint density at radius 1 is 1.67 bits per heavy atom. The van der Waals surface area contributed by atoms with Crippen molar-refractivity contribution in [2.24, 2.45) is 5.73 Å². The van der Waals surface area contributed by atoms with Crippen molar-refractivity contribution < 1.29 is 9.90 Å². The van der Waals surface area contributed by atoms with E-state index >= 15 is 0 Å². The van der Waals surface area contributed by atoms with E-state index in [1.54, 1.807) is 18.2 Å². The van der Waals surface area contributed by atoms with Crippen LogP contribution in [-0.4, -0.2) is 16.1 Å². The van der Waals surface area contributed by atoms with Gasteiger partial charge in [0.25, 0.3) is 0 Å². The predicted molar refractivity (Wildman–Crippen MR) is 43.4 cm³/mol. The van der Waals surface area contributed by atoms with Gasteiger partial charge in [0.15, 0.2) is 5.54 Å². The van der Waals surface area contributed by atoms with Crippen LogP contribution in [0.5, 0.6) is 0 Å². The third-order valence-electron chi connectivity index (χ3n) is 1.64. The number of nitrogens with zero attached hydrogens (tertiary/aromatic N) is 1. The van der Waals surface area contributed by atoms with E-state index in [1.165, 1.54) is 13.1 Å². The van der Waals surface area contributed by atoms with Crippen molar-refractivity contribution in [2.75, 3.05) is 0 Å². The van der Waals surface area contributed by atoms with E-state index in [-0.39, 0.29) is 0 Å². The zero-order chi connectivity index (χ0) is 9.19. The Labute approximate surface area is 70.0 Å². The van der Waals surface area contributed by atoms with Crippen LogP contribution in [0.25, 0.3) is 0 Å². The van der Waals surface area contributed by atoms with Gasteiger partial charge in [-0.05, 0) is 19.1 Å². The number of carbonyl (C=O) groups is 1. The van der Waals surface area contributed by atoms with Gasteiger partial charge in [0, 0.05) is 6.20 Å². The van der Waals surface area contributed by atoms with Gasteiger partial charge in [-0.25, -0.2) is 4.79 Å². The Balaban J connectivity index is 3.06. The summed E-state index contributed by atoms with van der Waals surface area (Å²) < 4.78 is 0. The number of carboxylic acid groups (broad SMARTS) is 1. The van der Waals surface area contributed by atoms with Crippen molar-refractivity contribution in [2.45, 2.75) is 12.5 Å². The first-order chi connectivity index (χ1) is 5.55. The summed E-state index contributed by atoms with van der Waals surface area (Å²) in [5.41, 5.74) is 4.48. The van der Waals surface area contributed by atoms with Gasteiger partial charge in [-0.2, -0.15) is 0 Å². The molecule has 4 nitrogen and oxygen atoms in total. The summed E-state index contributed by atoms with van der Waals surface area (Å²) in [6.07, 6.45) is 1.52. The monoisotopic (exact) mass is 166 g/mol. The average Bonchev–Trinajstić information content (AvgIpc) is 2.06. The first kappa shape index (κ1) is 8.67. The lowest BCUT2D eigenvalue weighted by Crippen LogP contribution is -2.42. The van der Waals surface area contributed by atoms with Crippen molar-refractivity contribution in [3.63, 3.8) is 0 Å². The molecule has 0 amide bonds. The summed E-state index contributed by atoms with van der Waals surface area (Å²) >= 11 is 0. The highest BCUT2D eigenvalue weighted by molar-refractivity contribution is 5.79. The Kier molecular flexibility index (Phi) is 2.10. The van der Waals surface area contributed by atoms with Crippen molar-refractivity contribution in [3.05, 3.63) is 30.1 Å². The molecule has 12 heavy (non-hydrogen) atoms. The largest absolute Gasteiger partial charge is 0.480 e. The lowest BCUT2D eigenvalue weighted by Gasteiger charge is -2.17. The standard InChI is InChI=1S/C8H10N2O2/c1-8(9,7(11)12)6-4-2-3-5-10-6/h2-5H,9H2,1H3,(H,11,12). The van der Waals surface area contributed by atoms with Gasteiger partial charge in [-0.15, -0.1) is 0 Å². The molecule has 64 valence electrons. The Hall–Kier alpha value is -1.42. The zero-order valence-electron chi connectivity index (χ0n) is 6.69. The molecule has 1 aromatic heterocycles. The Morgan fingerprint density at radius 3 is 2.75 bits per heavy atom. The smallest absolute Gasteiger partial charge is 0.329 e. The van der Waals surface area contributed by atoms with Gasteiger partial charge in [0.05, 0.1) is 5.69 Å². The number of hydrogen-bond donors (Lipinski definition) is 2. The van der Waals surface area contributed by atoms with Crippen molar-refractivity contribution in [1.82, 2.24) is 4.98 Å². The molecule has 3 N–H and O–H groups in total. The highest BCUT2D eigenvalue weighted by Gasteiger charge is 2.31. The third-order valence-corrected chi connectivity index (χ3v) is 1.64. The van der Waals surface area contributed by atoms with Crippen LogP contribution >= 0.6 is 0 Å². The molecule has 4 heteroatoms. The van der Waals surface area contributed by atoms with Crippen LogP contribution in [0.3, 0.4) is 0 Å². The maximum atomic E-state index is 10.7. The summed E-state index contributed by atoms with van der Waals surface area (Å²) in [6.45, 7) is 1.41. The summed E-state index contributed by atoms with van der Waals surface area (Å²) in [5, 5.41) is 8.73. The van der Waals surface area contributed by atoms with Gasteiger partial charge in [0.1, 0.15) is 0 Å². The molecule has 1 rings (SSSR count). The van der Waals surface area contributed by atoms with Crippen LogP contribution in [-0.2, 0) is 10.3 Å². The quantitative estimate of drug-likeness (QED) is 0.664. The first-order valence-corrected chi connectivity index (χ1v) is 3.49. The molecule has 0 spiro atoms. The van der Waals surface area contributed by atoms with E-state index < -0.39 is 11.5 Å². The van der Waals surface area contributed by atoms with E-state index in [2.05, 4.69) is 4.98 Å². The minimum absolute atomic E-state index is 0.359. The molecule has 0 aromatic carbocycles. The molecule has 0 bridgehead atoms. The fraction of sp³-hybridized carbons (Fsp3) is 0.250. The second-order valence-corrected chi connectivity index (χ2v) is 2.72. The maximum absolute atomic E-state index is 10.7. The van der Waals surface area contributed by atoms with E-state index in [9.17, 15) is 4.79 Å². The SMILES string of the molecule is CC(N)(C(=O)O)c1ccccn1. The minimum atomic E-state index is -1.40. The van der Waals surface area contributed by atoms with Crippen LogP contribution in [0.2, 0.25) is 0 Å². The van der Waals surface area contributed by atoms with Crippen molar-refractivity contribution >= 4 is 5.97 Å². The second kappa shape index (κ2) is 2.91. The van der Waals surface area contributed by atoms with Crippen molar-refractivity contribution in [1.29, 1.82) is 0 Å². The molecule has 0 radical (unpaired) electrons. The maximum Gasteiger partial charge on any atom is 0.329 e. The molecular weight excluding hydrogens is 156 g/mol. The number of pyridine rings is 1. The van der Waals surface area contributed by atoms with Crippen LogP contribution in [0.15, 0.2) is 24.4 Å². The molecule has 0 aliphatic heterocycles. The lowest BCUT2D eigenvalue weighted by molar-refractivity contribution is -0.143. The third kappa shape index (κ3) is 1.43. The summed E-state index contributed by atoms with van der Waals surface area (Å²) in [6, 6.07) is 5.01. The van der Waals surface area contributed by atoms with Gasteiger partial charge < -0.3 is 10.8 Å². The van der Waals surface area contributed by atoms with E-state index in [4.69, 9.17) is 10.8 Å². The topological polar surface area (TPSA) is 76.2 Å². The van der Waals surface area contributed by atoms with Gasteiger partial charge in [0.2, 0.25) is 0 Å². The van der Waals surface area contributed by atoms with Crippen LogP contribution in [0, 0.1) is 0 Å².